The second kappa shape index (κ2) is 6.22. The van der Waals surface area contributed by atoms with E-state index in [0.717, 1.165) is 24.8 Å². The summed E-state index contributed by atoms with van der Waals surface area (Å²) in [6.07, 6.45) is 6.35. The first-order chi connectivity index (χ1) is 9.79. The standard InChI is InChI=1S/C15H25N3O2/c1-10-8-16-9-12(10)15-17-14(18-20-15)13(19-2)11-6-4-3-5-7-11/h10-13,16H,3-9H2,1-2H3/t10-,12-,13?/m1/s1. The van der Waals surface area contributed by atoms with Crippen LogP contribution in [0.15, 0.2) is 4.52 Å². The van der Waals surface area contributed by atoms with Crippen molar-refractivity contribution >= 4 is 0 Å². The molecule has 5 nitrogen and oxygen atoms in total. The summed E-state index contributed by atoms with van der Waals surface area (Å²) in [4.78, 5) is 4.65. The Morgan fingerprint density at radius 2 is 2.05 bits per heavy atom. The van der Waals surface area contributed by atoms with Crippen LogP contribution in [0.4, 0.5) is 0 Å². The van der Waals surface area contributed by atoms with Gasteiger partial charge in [-0.3, -0.25) is 0 Å². The molecule has 3 rings (SSSR count). The van der Waals surface area contributed by atoms with E-state index in [1.54, 1.807) is 7.11 Å². The molecule has 0 spiro atoms. The van der Waals surface area contributed by atoms with Gasteiger partial charge in [-0.2, -0.15) is 4.98 Å². The van der Waals surface area contributed by atoms with Crippen LogP contribution in [0.1, 0.15) is 62.8 Å². The van der Waals surface area contributed by atoms with Crippen LogP contribution in [0.2, 0.25) is 0 Å². The lowest BCUT2D eigenvalue weighted by Crippen LogP contribution is -2.19. The Hall–Kier alpha value is -0.940. The lowest BCUT2D eigenvalue weighted by Gasteiger charge is -2.26. The summed E-state index contributed by atoms with van der Waals surface area (Å²) in [6, 6.07) is 0. The Morgan fingerprint density at radius 3 is 2.70 bits per heavy atom. The molecule has 20 heavy (non-hydrogen) atoms. The van der Waals surface area contributed by atoms with E-state index in [1.807, 2.05) is 0 Å². The van der Waals surface area contributed by atoms with Crippen LogP contribution in [-0.4, -0.2) is 30.3 Å². The van der Waals surface area contributed by atoms with E-state index >= 15 is 0 Å². The highest BCUT2D eigenvalue weighted by atomic mass is 16.5. The highest BCUT2D eigenvalue weighted by molar-refractivity contribution is 5.03. The molecule has 0 aromatic carbocycles. The van der Waals surface area contributed by atoms with Gasteiger partial charge in [-0.1, -0.05) is 31.3 Å². The van der Waals surface area contributed by atoms with Crippen molar-refractivity contribution in [2.75, 3.05) is 20.2 Å². The SMILES string of the molecule is COC(c1noc([C@@H]2CNC[C@H]2C)n1)C1CCCCC1. The van der Waals surface area contributed by atoms with E-state index in [9.17, 15) is 0 Å². The van der Waals surface area contributed by atoms with E-state index in [4.69, 9.17) is 9.26 Å². The van der Waals surface area contributed by atoms with Crippen molar-refractivity contribution in [2.24, 2.45) is 11.8 Å². The van der Waals surface area contributed by atoms with Crippen LogP contribution >= 0.6 is 0 Å². The third-order valence-corrected chi connectivity index (χ3v) is 4.88. The summed E-state index contributed by atoms with van der Waals surface area (Å²) in [5.74, 6) is 2.96. The molecule has 1 saturated carbocycles. The van der Waals surface area contributed by atoms with Crippen LogP contribution < -0.4 is 5.32 Å². The van der Waals surface area contributed by atoms with Gasteiger partial charge in [-0.15, -0.1) is 0 Å². The number of methoxy groups -OCH3 is 1. The minimum Gasteiger partial charge on any atom is -0.373 e. The third kappa shape index (κ3) is 2.74. The second-order valence-electron chi connectivity index (χ2n) is 6.29. The maximum atomic E-state index is 5.68. The largest absolute Gasteiger partial charge is 0.373 e. The van der Waals surface area contributed by atoms with Gasteiger partial charge in [0.2, 0.25) is 11.7 Å². The van der Waals surface area contributed by atoms with E-state index in [0.29, 0.717) is 17.8 Å². The molecule has 1 saturated heterocycles. The van der Waals surface area contributed by atoms with Crippen LogP contribution in [-0.2, 0) is 4.74 Å². The van der Waals surface area contributed by atoms with Crippen LogP contribution in [0.5, 0.6) is 0 Å². The topological polar surface area (TPSA) is 60.2 Å². The minimum absolute atomic E-state index is 0.00234. The van der Waals surface area contributed by atoms with Gasteiger partial charge in [0.05, 0.1) is 5.92 Å². The van der Waals surface area contributed by atoms with E-state index in [2.05, 4.69) is 22.4 Å². The molecule has 0 amide bonds. The normalized spacial score (nSPS) is 29.7. The Labute approximate surface area is 120 Å². The highest BCUT2D eigenvalue weighted by Gasteiger charge is 2.33. The van der Waals surface area contributed by atoms with Gasteiger partial charge in [-0.05, 0) is 31.2 Å². The molecule has 1 unspecified atom stereocenters. The highest BCUT2D eigenvalue weighted by Crippen LogP contribution is 2.36. The summed E-state index contributed by atoms with van der Waals surface area (Å²) in [5, 5.41) is 7.58. The van der Waals surface area contributed by atoms with Gasteiger partial charge in [0.1, 0.15) is 6.10 Å². The fourth-order valence-electron chi connectivity index (χ4n) is 3.60. The molecule has 3 atom stereocenters. The van der Waals surface area contributed by atoms with Gasteiger partial charge in [0, 0.05) is 13.7 Å². The van der Waals surface area contributed by atoms with Crippen molar-refractivity contribution < 1.29 is 9.26 Å². The average Bonchev–Trinajstić information content (AvgIpc) is 3.10. The van der Waals surface area contributed by atoms with Gasteiger partial charge in [-0.25, -0.2) is 0 Å². The first kappa shape index (κ1) is 14.0. The minimum atomic E-state index is -0.00234. The quantitative estimate of drug-likeness (QED) is 0.918. The van der Waals surface area contributed by atoms with Crippen molar-refractivity contribution in [1.29, 1.82) is 0 Å². The summed E-state index contributed by atoms with van der Waals surface area (Å²) in [7, 11) is 1.76. The molecule has 2 fully saturated rings. The molecular weight excluding hydrogens is 254 g/mol. The molecule has 5 heteroatoms. The molecule has 1 aromatic heterocycles. The first-order valence-corrected chi connectivity index (χ1v) is 7.86. The average molecular weight is 279 g/mol. The Balaban J connectivity index is 1.73. The number of nitrogens with zero attached hydrogens (tertiary/aromatic N) is 2. The molecule has 0 bridgehead atoms. The maximum absolute atomic E-state index is 5.68. The summed E-state index contributed by atoms with van der Waals surface area (Å²) >= 11 is 0. The van der Waals surface area contributed by atoms with Crippen molar-refractivity contribution in [3.05, 3.63) is 11.7 Å². The first-order valence-electron chi connectivity index (χ1n) is 7.86. The predicted octanol–water partition coefficient (Wildman–Crippen LogP) is 2.66. The zero-order chi connectivity index (χ0) is 13.9. The number of ether oxygens (including phenoxy) is 1. The fraction of sp³-hybridized carbons (Fsp3) is 0.867. The van der Waals surface area contributed by atoms with Crippen molar-refractivity contribution in [3.8, 4) is 0 Å². The maximum Gasteiger partial charge on any atom is 0.231 e. The molecule has 112 valence electrons. The summed E-state index contributed by atoms with van der Waals surface area (Å²) in [5.41, 5.74) is 0. The molecular formula is C15H25N3O2. The zero-order valence-electron chi connectivity index (χ0n) is 12.5. The second-order valence-corrected chi connectivity index (χ2v) is 6.29. The number of rotatable bonds is 4. The number of hydrogen-bond acceptors (Lipinski definition) is 5. The van der Waals surface area contributed by atoms with E-state index < -0.39 is 0 Å². The number of hydrogen-bond donors (Lipinski definition) is 1. The molecule has 1 N–H and O–H groups in total. The molecule has 2 heterocycles. The molecule has 2 aliphatic rings. The van der Waals surface area contributed by atoms with Crippen LogP contribution in [0.25, 0.3) is 0 Å². The zero-order valence-corrected chi connectivity index (χ0v) is 12.5. The third-order valence-electron chi connectivity index (χ3n) is 4.88. The van der Waals surface area contributed by atoms with Crippen molar-refractivity contribution in [3.63, 3.8) is 0 Å². The Kier molecular flexibility index (Phi) is 4.36. The molecule has 0 radical (unpaired) electrons. The lowest BCUT2D eigenvalue weighted by molar-refractivity contribution is 0.0273. The predicted molar refractivity (Wildman–Crippen MR) is 75.4 cm³/mol. The van der Waals surface area contributed by atoms with E-state index in [1.165, 1.54) is 32.1 Å². The molecule has 1 aliphatic heterocycles. The lowest BCUT2D eigenvalue weighted by atomic mass is 9.85. The summed E-state index contributed by atoms with van der Waals surface area (Å²) in [6.45, 7) is 4.19. The smallest absolute Gasteiger partial charge is 0.231 e. The van der Waals surface area contributed by atoms with E-state index in [-0.39, 0.29) is 6.10 Å². The van der Waals surface area contributed by atoms with Gasteiger partial charge < -0.3 is 14.6 Å². The summed E-state index contributed by atoms with van der Waals surface area (Å²) < 4.78 is 11.2. The molecule has 1 aromatic rings. The van der Waals surface area contributed by atoms with Crippen LogP contribution in [0, 0.1) is 11.8 Å². The Bertz CT molecular complexity index is 429. The number of nitrogens with one attached hydrogen (secondary N) is 1. The van der Waals surface area contributed by atoms with Crippen molar-refractivity contribution in [2.45, 2.75) is 51.0 Å². The van der Waals surface area contributed by atoms with Crippen LogP contribution in [0.3, 0.4) is 0 Å². The number of aromatic nitrogens is 2. The Morgan fingerprint density at radius 1 is 1.25 bits per heavy atom. The fourth-order valence-corrected chi connectivity index (χ4v) is 3.60. The van der Waals surface area contributed by atoms with Gasteiger partial charge >= 0.3 is 0 Å². The molecule has 1 aliphatic carbocycles. The van der Waals surface area contributed by atoms with Gasteiger partial charge in [0.15, 0.2) is 0 Å². The van der Waals surface area contributed by atoms with Crippen molar-refractivity contribution in [1.82, 2.24) is 15.5 Å². The monoisotopic (exact) mass is 279 g/mol. The van der Waals surface area contributed by atoms with Gasteiger partial charge in [0.25, 0.3) is 0 Å².